The van der Waals surface area contributed by atoms with Crippen LogP contribution in [0.1, 0.15) is 6.92 Å². The fraction of sp³-hybridized carbons (Fsp3) is 0.625. The molecule has 1 fully saturated rings. The zero-order valence-electron chi connectivity index (χ0n) is 5.86. The minimum atomic E-state index is 0.0810. The van der Waals surface area contributed by atoms with Crippen molar-refractivity contribution < 1.29 is 9.53 Å². The smallest absolute Gasteiger partial charge is 0.126 e. The molecule has 2 rings (SSSR count). The molecule has 0 aromatic heterocycles. The van der Waals surface area contributed by atoms with E-state index in [4.69, 9.17) is 4.74 Å². The Labute approximate surface area is 59.9 Å². The van der Waals surface area contributed by atoms with Crippen LogP contribution in [-0.2, 0) is 9.53 Å². The van der Waals surface area contributed by atoms with Gasteiger partial charge in [-0.05, 0) is 5.92 Å². The fourth-order valence-electron chi connectivity index (χ4n) is 1.73. The molecular formula is C8H10O2. The van der Waals surface area contributed by atoms with Gasteiger partial charge in [-0.2, -0.15) is 0 Å². The molecule has 2 aliphatic rings. The lowest BCUT2D eigenvalue weighted by Gasteiger charge is -2.14. The van der Waals surface area contributed by atoms with Gasteiger partial charge < -0.3 is 9.53 Å². The summed E-state index contributed by atoms with van der Waals surface area (Å²) in [4.78, 5) is 10.5. The minimum Gasteiger partial charge on any atom is -0.366 e. The monoisotopic (exact) mass is 138 g/mol. The second-order valence-corrected chi connectivity index (χ2v) is 3.02. The van der Waals surface area contributed by atoms with E-state index < -0.39 is 0 Å². The van der Waals surface area contributed by atoms with E-state index in [2.05, 4.69) is 13.0 Å². The molecule has 2 heterocycles. The average Bonchev–Trinajstić information content (AvgIpc) is 2.46. The van der Waals surface area contributed by atoms with Crippen molar-refractivity contribution in [1.29, 1.82) is 0 Å². The molecule has 0 aromatic rings. The Morgan fingerprint density at radius 2 is 2.10 bits per heavy atom. The predicted molar refractivity (Wildman–Crippen MR) is 36.5 cm³/mol. The van der Waals surface area contributed by atoms with Crippen LogP contribution < -0.4 is 0 Å². The number of aldehydes is 1. The first-order chi connectivity index (χ1) is 4.83. The molecule has 0 N–H and O–H groups in total. The molecule has 54 valence electrons. The van der Waals surface area contributed by atoms with E-state index >= 15 is 0 Å². The number of hydrogen-bond acceptors (Lipinski definition) is 2. The van der Waals surface area contributed by atoms with E-state index in [1.807, 2.05) is 6.08 Å². The normalized spacial score (nSPS) is 50.1. The van der Waals surface area contributed by atoms with Crippen LogP contribution in [0.15, 0.2) is 12.2 Å². The highest BCUT2D eigenvalue weighted by Gasteiger charge is 2.42. The Kier molecular flexibility index (Phi) is 1.17. The third-order valence-corrected chi connectivity index (χ3v) is 2.47. The van der Waals surface area contributed by atoms with Crippen molar-refractivity contribution in [3.63, 3.8) is 0 Å². The molecule has 0 aromatic carbocycles. The standard InChI is InChI=1S/C8H10O2/c1-5-6(4-9)8-3-2-7(5)10-8/h2-8H,1H3/t5?,6?,7-,8+/m1/s1. The summed E-state index contributed by atoms with van der Waals surface area (Å²) in [7, 11) is 0. The maximum absolute atomic E-state index is 10.5. The van der Waals surface area contributed by atoms with Crippen LogP contribution in [0.2, 0.25) is 0 Å². The molecule has 2 heteroatoms. The SMILES string of the molecule is CC1C(C=O)[C@@H]2C=C[C@H]1O2. The fourth-order valence-corrected chi connectivity index (χ4v) is 1.73. The van der Waals surface area contributed by atoms with Crippen molar-refractivity contribution in [2.45, 2.75) is 19.1 Å². The van der Waals surface area contributed by atoms with Gasteiger partial charge in [-0.25, -0.2) is 0 Å². The first kappa shape index (κ1) is 6.10. The zero-order chi connectivity index (χ0) is 7.14. The van der Waals surface area contributed by atoms with Crippen molar-refractivity contribution in [3.05, 3.63) is 12.2 Å². The van der Waals surface area contributed by atoms with E-state index in [9.17, 15) is 4.79 Å². The third-order valence-electron chi connectivity index (χ3n) is 2.47. The summed E-state index contributed by atoms with van der Waals surface area (Å²) >= 11 is 0. The molecule has 1 saturated heterocycles. The van der Waals surface area contributed by atoms with Crippen molar-refractivity contribution >= 4 is 6.29 Å². The molecule has 10 heavy (non-hydrogen) atoms. The van der Waals surface area contributed by atoms with Gasteiger partial charge in [0.15, 0.2) is 0 Å². The summed E-state index contributed by atoms with van der Waals surface area (Å²) in [5.74, 6) is 0.488. The lowest BCUT2D eigenvalue weighted by Crippen LogP contribution is -2.22. The van der Waals surface area contributed by atoms with Gasteiger partial charge in [0, 0.05) is 5.92 Å². The van der Waals surface area contributed by atoms with Gasteiger partial charge in [0.25, 0.3) is 0 Å². The highest BCUT2D eigenvalue weighted by atomic mass is 16.5. The van der Waals surface area contributed by atoms with E-state index in [0.717, 1.165) is 6.29 Å². The average molecular weight is 138 g/mol. The highest BCUT2D eigenvalue weighted by molar-refractivity contribution is 5.57. The number of ether oxygens (including phenoxy) is 1. The maximum atomic E-state index is 10.5. The van der Waals surface area contributed by atoms with Gasteiger partial charge in [0.2, 0.25) is 0 Å². The van der Waals surface area contributed by atoms with Crippen LogP contribution in [0, 0.1) is 11.8 Å². The summed E-state index contributed by atoms with van der Waals surface area (Å²) in [6.07, 6.45) is 5.34. The number of hydrogen-bond donors (Lipinski definition) is 0. The zero-order valence-corrected chi connectivity index (χ0v) is 5.86. The van der Waals surface area contributed by atoms with Crippen LogP contribution in [0.3, 0.4) is 0 Å². The molecule has 0 saturated carbocycles. The molecule has 2 unspecified atom stereocenters. The van der Waals surface area contributed by atoms with E-state index in [1.165, 1.54) is 0 Å². The van der Waals surface area contributed by atoms with Gasteiger partial charge in [-0.15, -0.1) is 0 Å². The Balaban J connectivity index is 2.25. The molecule has 0 radical (unpaired) electrons. The molecule has 2 aliphatic heterocycles. The van der Waals surface area contributed by atoms with Gasteiger partial charge in [0.1, 0.15) is 6.29 Å². The van der Waals surface area contributed by atoms with Gasteiger partial charge in [0.05, 0.1) is 12.2 Å². The minimum absolute atomic E-state index is 0.0810. The molecule has 2 nitrogen and oxygen atoms in total. The Morgan fingerprint density at radius 1 is 1.40 bits per heavy atom. The Hall–Kier alpha value is -0.630. The summed E-state index contributed by atoms with van der Waals surface area (Å²) in [5.41, 5.74) is 0. The van der Waals surface area contributed by atoms with Crippen LogP contribution in [0.5, 0.6) is 0 Å². The number of carbonyl (C=O) groups excluding carboxylic acids is 1. The summed E-state index contributed by atoms with van der Waals surface area (Å²) in [5, 5.41) is 0. The molecule has 4 atom stereocenters. The van der Waals surface area contributed by atoms with Gasteiger partial charge in [-0.3, -0.25) is 0 Å². The first-order valence-electron chi connectivity index (χ1n) is 3.62. The van der Waals surface area contributed by atoms with Gasteiger partial charge in [-0.1, -0.05) is 19.1 Å². The quantitative estimate of drug-likeness (QED) is 0.395. The third kappa shape index (κ3) is 0.598. The maximum Gasteiger partial charge on any atom is 0.126 e. The summed E-state index contributed by atoms with van der Waals surface area (Å²) in [6.45, 7) is 2.06. The van der Waals surface area contributed by atoms with Crippen molar-refractivity contribution in [2.75, 3.05) is 0 Å². The molecular weight excluding hydrogens is 128 g/mol. The van der Waals surface area contributed by atoms with Crippen molar-refractivity contribution in [1.82, 2.24) is 0 Å². The Bertz CT molecular complexity index is 186. The van der Waals surface area contributed by atoms with Crippen LogP contribution in [-0.4, -0.2) is 18.5 Å². The van der Waals surface area contributed by atoms with Gasteiger partial charge >= 0.3 is 0 Å². The molecule has 0 aliphatic carbocycles. The van der Waals surface area contributed by atoms with Crippen LogP contribution in [0.4, 0.5) is 0 Å². The van der Waals surface area contributed by atoms with E-state index in [-0.39, 0.29) is 18.1 Å². The first-order valence-corrected chi connectivity index (χ1v) is 3.62. The Morgan fingerprint density at radius 3 is 2.50 bits per heavy atom. The molecule has 0 spiro atoms. The summed E-state index contributed by atoms with van der Waals surface area (Å²) < 4.78 is 5.45. The van der Waals surface area contributed by atoms with E-state index in [1.54, 1.807) is 0 Å². The second kappa shape index (κ2) is 1.92. The summed E-state index contributed by atoms with van der Waals surface area (Å²) in [6, 6.07) is 0. The van der Waals surface area contributed by atoms with Crippen molar-refractivity contribution in [2.24, 2.45) is 11.8 Å². The largest absolute Gasteiger partial charge is 0.366 e. The highest BCUT2D eigenvalue weighted by Crippen LogP contribution is 2.37. The number of fused-ring (bicyclic) bond motifs is 2. The molecule has 0 amide bonds. The van der Waals surface area contributed by atoms with Crippen LogP contribution in [0.25, 0.3) is 0 Å². The van der Waals surface area contributed by atoms with Crippen LogP contribution >= 0.6 is 0 Å². The lowest BCUT2D eigenvalue weighted by molar-refractivity contribution is -0.112. The predicted octanol–water partition coefficient (Wildman–Crippen LogP) is 0.775. The second-order valence-electron chi connectivity index (χ2n) is 3.02. The molecule has 2 bridgehead atoms. The van der Waals surface area contributed by atoms with E-state index in [0.29, 0.717) is 5.92 Å². The lowest BCUT2D eigenvalue weighted by atomic mass is 9.86. The van der Waals surface area contributed by atoms with Crippen molar-refractivity contribution in [3.8, 4) is 0 Å². The topological polar surface area (TPSA) is 26.3 Å². The number of carbonyl (C=O) groups is 1. The number of rotatable bonds is 1.